The zero-order valence-corrected chi connectivity index (χ0v) is 16.6. The van der Waals surface area contributed by atoms with Gasteiger partial charge in [0.2, 0.25) is 0 Å². The molecule has 0 unspecified atom stereocenters. The molecule has 0 saturated heterocycles. The maximum absolute atomic E-state index is 13.9. The second-order valence-corrected chi connectivity index (χ2v) is 7.29. The first kappa shape index (κ1) is 19.0. The van der Waals surface area contributed by atoms with Crippen molar-refractivity contribution in [3.8, 4) is 16.9 Å². The minimum absolute atomic E-state index is 0.264. The average Bonchev–Trinajstić information content (AvgIpc) is 3.12. The second-order valence-electron chi connectivity index (χ2n) is 7.29. The van der Waals surface area contributed by atoms with Gasteiger partial charge in [-0.25, -0.2) is 9.07 Å². The Bertz CT molecular complexity index is 1100. The molecule has 0 spiro atoms. The highest BCUT2D eigenvalue weighted by Gasteiger charge is 2.15. The Morgan fingerprint density at radius 1 is 0.966 bits per heavy atom. The summed E-state index contributed by atoms with van der Waals surface area (Å²) in [5.74, 6) is -0.264. The van der Waals surface area contributed by atoms with Gasteiger partial charge >= 0.3 is 0 Å². The molecule has 0 aliphatic heterocycles. The van der Waals surface area contributed by atoms with Crippen LogP contribution in [0.4, 0.5) is 4.39 Å². The molecule has 4 nitrogen and oxygen atoms in total. The fraction of sp³-hybridized carbons (Fsp3) is 0.167. The first-order valence-corrected chi connectivity index (χ1v) is 9.58. The topological polar surface area (TPSA) is 34.0 Å². The molecule has 146 valence electrons. The molecule has 0 atom stereocenters. The van der Waals surface area contributed by atoms with Crippen LogP contribution in [0, 0.1) is 12.7 Å². The van der Waals surface area contributed by atoms with Gasteiger partial charge in [-0.3, -0.25) is 9.88 Å². The molecule has 5 heteroatoms. The number of nitrogens with zero attached hydrogens (tertiary/aromatic N) is 4. The van der Waals surface area contributed by atoms with Crippen molar-refractivity contribution >= 4 is 0 Å². The number of aromatic nitrogens is 3. The van der Waals surface area contributed by atoms with Gasteiger partial charge in [-0.05, 0) is 55.9 Å². The van der Waals surface area contributed by atoms with Gasteiger partial charge in [-0.15, -0.1) is 0 Å². The van der Waals surface area contributed by atoms with Gasteiger partial charge in [-0.2, -0.15) is 5.10 Å². The van der Waals surface area contributed by atoms with Crippen LogP contribution in [-0.4, -0.2) is 26.7 Å². The molecule has 4 aromatic rings. The number of rotatable bonds is 6. The van der Waals surface area contributed by atoms with Gasteiger partial charge < -0.3 is 0 Å². The van der Waals surface area contributed by atoms with Crippen molar-refractivity contribution in [3.05, 3.63) is 102 Å². The van der Waals surface area contributed by atoms with Gasteiger partial charge in [0, 0.05) is 36.6 Å². The van der Waals surface area contributed by atoms with Crippen LogP contribution in [0.2, 0.25) is 0 Å². The zero-order chi connectivity index (χ0) is 20.2. The summed E-state index contributed by atoms with van der Waals surface area (Å²) in [6.45, 7) is 3.45. The number of benzene rings is 2. The van der Waals surface area contributed by atoms with E-state index in [-0.39, 0.29) is 5.82 Å². The fourth-order valence-corrected chi connectivity index (χ4v) is 3.42. The second kappa shape index (κ2) is 8.37. The summed E-state index contributed by atoms with van der Waals surface area (Å²) in [5.41, 5.74) is 5.76. The van der Waals surface area contributed by atoms with Crippen LogP contribution in [-0.2, 0) is 13.1 Å². The molecule has 0 aliphatic carbocycles. The summed E-state index contributed by atoms with van der Waals surface area (Å²) in [4.78, 5) is 6.59. The van der Waals surface area contributed by atoms with Crippen LogP contribution in [0.3, 0.4) is 0 Å². The van der Waals surface area contributed by atoms with E-state index in [1.54, 1.807) is 12.3 Å². The molecule has 0 radical (unpaired) electrons. The van der Waals surface area contributed by atoms with Crippen LogP contribution < -0.4 is 0 Å². The molecule has 2 aromatic heterocycles. The summed E-state index contributed by atoms with van der Waals surface area (Å²) < 4.78 is 15.7. The molecule has 0 bridgehead atoms. The number of aryl methyl sites for hydroxylation is 1. The summed E-state index contributed by atoms with van der Waals surface area (Å²) >= 11 is 0. The van der Waals surface area contributed by atoms with Crippen LogP contribution in [0.5, 0.6) is 0 Å². The van der Waals surface area contributed by atoms with E-state index in [2.05, 4.69) is 28.9 Å². The van der Waals surface area contributed by atoms with Gasteiger partial charge in [-0.1, -0.05) is 30.3 Å². The first-order valence-electron chi connectivity index (χ1n) is 9.58. The van der Waals surface area contributed by atoms with E-state index in [0.717, 1.165) is 34.7 Å². The van der Waals surface area contributed by atoms with Crippen molar-refractivity contribution in [2.45, 2.75) is 20.0 Å². The van der Waals surface area contributed by atoms with Crippen molar-refractivity contribution < 1.29 is 4.39 Å². The smallest absolute Gasteiger partial charge is 0.123 e. The summed E-state index contributed by atoms with van der Waals surface area (Å²) in [6, 6.07) is 20.7. The van der Waals surface area contributed by atoms with E-state index in [9.17, 15) is 4.39 Å². The lowest BCUT2D eigenvalue weighted by Crippen LogP contribution is -2.18. The number of hydrogen-bond acceptors (Lipinski definition) is 3. The molecule has 0 amide bonds. The van der Waals surface area contributed by atoms with Crippen molar-refractivity contribution in [3.63, 3.8) is 0 Å². The maximum Gasteiger partial charge on any atom is 0.123 e. The fourth-order valence-electron chi connectivity index (χ4n) is 3.42. The maximum atomic E-state index is 13.9. The number of halogens is 1. The summed E-state index contributed by atoms with van der Waals surface area (Å²) in [5, 5.41) is 4.80. The van der Waals surface area contributed by atoms with Gasteiger partial charge in [0.05, 0.1) is 17.1 Å². The third kappa shape index (κ3) is 4.58. The molecule has 4 rings (SSSR count). The van der Waals surface area contributed by atoms with Crippen molar-refractivity contribution in [1.82, 2.24) is 19.7 Å². The predicted octanol–water partition coefficient (Wildman–Crippen LogP) is 5.01. The Kier molecular flexibility index (Phi) is 5.49. The van der Waals surface area contributed by atoms with Crippen molar-refractivity contribution in [2.75, 3.05) is 7.05 Å². The van der Waals surface area contributed by atoms with E-state index in [4.69, 9.17) is 5.10 Å². The van der Waals surface area contributed by atoms with Crippen LogP contribution >= 0.6 is 0 Å². The van der Waals surface area contributed by atoms with E-state index < -0.39 is 0 Å². The van der Waals surface area contributed by atoms with Crippen molar-refractivity contribution in [2.24, 2.45) is 0 Å². The van der Waals surface area contributed by atoms with Crippen LogP contribution in [0.15, 0.2) is 79.1 Å². The Morgan fingerprint density at radius 2 is 1.83 bits per heavy atom. The zero-order valence-electron chi connectivity index (χ0n) is 16.6. The van der Waals surface area contributed by atoms with E-state index in [1.807, 2.05) is 54.3 Å². The van der Waals surface area contributed by atoms with E-state index in [0.29, 0.717) is 6.54 Å². The van der Waals surface area contributed by atoms with Gasteiger partial charge in [0.15, 0.2) is 0 Å². The Labute approximate surface area is 170 Å². The molecule has 0 aliphatic rings. The van der Waals surface area contributed by atoms with Crippen LogP contribution in [0.25, 0.3) is 16.9 Å². The highest BCUT2D eigenvalue weighted by Crippen LogP contribution is 2.26. The minimum Gasteiger partial charge on any atom is -0.296 e. The monoisotopic (exact) mass is 386 g/mol. The highest BCUT2D eigenvalue weighted by molar-refractivity contribution is 5.63. The summed E-state index contributed by atoms with van der Waals surface area (Å²) in [6.07, 6.45) is 3.83. The lowest BCUT2D eigenvalue weighted by atomic mass is 10.1. The average molecular weight is 386 g/mol. The Morgan fingerprint density at radius 3 is 2.59 bits per heavy atom. The predicted molar refractivity (Wildman–Crippen MR) is 113 cm³/mol. The van der Waals surface area contributed by atoms with E-state index in [1.165, 1.54) is 17.7 Å². The van der Waals surface area contributed by atoms with Crippen molar-refractivity contribution in [1.29, 1.82) is 0 Å². The quantitative estimate of drug-likeness (QED) is 0.467. The largest absolute Gasteiger partial charge is 0.296 e. The standard InChI is InChI=1S/C24H23FN4/c1-18-7-5-11-23(13-18)29-16-20(15-28(2)17-22-10-3-4-12-26-22)24(27-29)19-8-6-9-21(25)14-19/h3-14,16H,15,17H2,1-2H3. The van der Waals surface area contributed by atoms with Gasteiger partial charge in [0.25, 0.3) is 0 Å². The van der Waals surface area contributed by atoms with E-state index >= 15 is 0 Å². The molecule has 2 heterocycles. The lowest BCUT2D eigenvalue weighted by molar-refractivity contribution is 0.315. The Balaban J connectivity index is 1.69. The van der Waals surface area contributed by atoms with Gasteiger partial charge in [0.1, 0.15) is 5.82 Å². The minimum atomic E-state index is -0.264. The molecular weight excluding hydrogens is 363 g/mol. The molecule has 0 saturated carbocycles. The molecule has 0 fully saturated rings. The highest BCUT2D eigenvalue weighted by atomic mass is 19.1. The molecule has 29 heavy (non-hydrogen) atoms. The third-order valence-corrected chi connectivity index (χ3v) is 4.75. The molecule has 0 N–H and O–H groups in total. The summed E-state index contributed by atoms with van der Waals surface area (Å²) in [7, 11) is 2.05. The third-order valence-electron chi connectivity index (χ3n) is 4.75. The molecular formula is C24H23FN4. The SMILES string of the molecule is Cc1cccc(-n2cc(CN(C)Cc3ccccn3)c(-c3cccc(F)c3)n2)c1. The van der Waals surface area contributed by atoms with Crippen LogP contribution in [0.1, 0.15) is 16.8 Å². The number of pyridine rings is 1. The molecule has 2 aromatic carbocycles. The lowest BCUT2D eigenvalue weighted by Gasteiger charge is -2.16. The number of hydrogen-bond donors (Lipinski definition) is 0. The Hall–Kier alpha value is -3.31. The normalized spacial score (nSPS) is 11.2. The first-order chi connectivity index (χ1) is 14.1.